The van der Waals surface area contributed by atoms with Crippen LogP contribution in [0.1, 0.15) is 25.0 Å². The lowest BCUT2D eigenvalue weighted by molar-refractivity contribution is 0.0865. The topological polar surface area (TPSA) is 124 Å². The molecule has 2 aromatic carbocycles. The molecule has 220 valence electrons. The first kappa shape index (κ1) is 29.5. The normalized spacial score (nSPS) is 15.3. The summed E-state index contributed by atoms with van der Waals surface area (Å²) in [6.45, 7) is 7.79. The van der Waals surface area contributed by atoms with E-state index in [1.807, 2.05) is 48.5 Å². The molecule has 2 N–H and O–H groups in total. The number of nitrogens with one attached hydrogen (secondary N) is 2. The molecule has 0 radical (unpaired) electrons. The lowest BCUT2D eigenvalue weighted by Crippen LogP contribution is -2.51. The van der Waals surface area contributed by atoms with Crippen molar-refractivity contribution in [2.45, 2.75) is 20.3 Å². The SMILES string of the molecule is CCOC(=O)N1CCN(C(=O)Nc2ccc(Cc3ccc(NC(=O)N4CCN(C(=O)OCC)CC4)cc3)cc2)CC1. The largest absolute Gasteiger partial charge is 0.450 e. The van der Waals surface area contributed by atoms with Gasteiger partial charge in [0.25, 0.3) is 0 Å². The summed E-state index contributed by atoms with van der Waals surface area (Å²) >= 11 is 0. The van der Waals surface area contributed by atoms with Crippen molar-refractivity contribution >= 4 is 35.6 Å². The van der Waals surface area contributed by atoms with Gasteiger partial charge in [-0.15, -0.1) is 0 Å². The molecule has 6 amide bonds. The Morgan fingerprint density at radius 3 is 1.20 bits per heavy atom. The van der Waals surface area contributed by atoms with Crippen LogP contribution >= 0.6 is 0 Å². The molecule has 41 heavy (non-hydrogen) atoms. The summed E-state index contributed by atoms with van der Waals surface area (Å²) in [5.41, 5.74) is 3.57. The quantitative estimate of drug-likeness (QED) is 0.547. The van der Waals surface area contributed by atoms with Crippen LogP contribution in [-0.4, -0.2) is 109 Å². The Kier molecular flexibility index (Phi) is 10.2. The summed E-state index contributed by atoms with van der Waals surface area (Å²) in [7, 11) is 0. The van der Waals surface area contributed by atoms with E-state index in [1.165, 1.54) is 0 Å². The van der Waals surface area contributed by atoms with E-state index in [9.17, 15) is 19.2 Å². The number of piperazine rings is 2. The molecule has 0 saturated carbocycles. The Labute approximate surface area is 240 Å². The number of nitrogens with zero attached hydrogens (tertiary/aromatic N) is 4. The predicted molar refractivity (Wildman–Crippen MR) is 154 cm³/mol. The number of ether oxygens (including phenoxy) is 2. The third kappa shape index (κ3) is 8.26. The second kappa shape index (κ2) is 14.2. The van der Waals surface area contributed by atoms with Crippen molar-refractivity contribution in [3.63, 3.8) is 0 Å². The van der Waals surface area contributed by atoms with Crippen molar-refractivity contribution in [2.24, 2.45) is 0 Å². The molecule has 2 saturated heterocycles. The number of carbonyl (C=O) groups excluding carboxylic acids is 4. The van der Waals surface area contributed by atoms with Crippen molar-refractivity contribution in [3.8, 4) is 0 Å². The molecular weight excluding hydrogens is 528 g/mol. The zero-order chi connectivity index (χ0) is 29.2. The molecule has 0 aliphatic carbocycles. The van der Waals surface area contributed by atoms with E-state index in [4.69, 9.17) is 9.47 Å². The fourth-order valence-electron chi connectivity index (χ4n) is 4.67. The Hall–Kier alpha value is -4.48. The molecule has 0 aromatic heterocycles. The molecule has 0 atom stereocenters. The van der Waals surface area contributed by atoms with Crippen molar-refractivity contribution in [3.05, 3.63) is 59.7 Å². The lowest BCUT2D eigenvalue weighted by atomic mass is 10.0. The monoisotopic (exact) mass is 566 g/mol. The first-order valence-electron chi connectivity index (χ1n) is 14.0. The average molecular weight is 567 g/mol. The Bertz CT molecular complexity index is 1100. The number of hydrogen-bond acceptors (Lipinski definition) is 6. The van der Waals surface area contributed by atoms with Gasteiger partial charge in [-0.2, -0.15) is 0 Å². The number of anilines is 2. The van der Waals surface area contributed by atoms with Crippen LogP contribution in [0.25, 0.3) is 0 Å². The third-order valence-electron chi connectivity index (χ3n) is 7.00. The van der Waals surface area contributed by atoms with E-state index in [2.05, 4.69) is 10.6 Å². The van der Waals surface area contributed by atoms with E-state index in [0.29, 0.717) is 83.4 Å². The number of hydrogen-bond donors (Lipinski definition) is 2. The van der Waals surface area contributed by atoms with Crippen LogP contribution in [0.4, 0.5) is 30.6 Å². The van der Waals surface area contributed by atoms with Crippen LogP contribution in [0.15, 0.2) is 48.5 Å². The van der Waals surface area contributed by atoms with Crippen molar-refractivity contribution in [1.82, 2.24) is 19.6 Å². The van der Waals surface area contributed by atoms with E-state index in [1.54, 1.807) is 33.4 Å². The van der Waals surface area contributed by atoms with Gasteiger partial charge in [0.05, 0.1) is 13.2 Å². The Morgan fingerprint density at radius 1 is 0.561 bits per heavy atom. The number of urea groups is 2. The highest BCUT2D eigenvalue weighted by Crippen LogP contribution is 2.17. The maximum absolute atomic E-state index is 12.6. The summed E-state index contributed by atoms with van der Waals surface area (Å²) in [5, 5.41) is 5.84. The molecule has 2 aliphatic rings. The second-order valence-electron chi connectivity index (χ2n) is 9.78. The van der Waals surface area contributed by atoms with E-state index in [0.717, 1.165) is 11.1 Å². The number of rotatable bonds is 6. The van der Waals surface area contributed by atoms with Gasteiger partial charge in [-0.05, 0) is 55.7 Å². The molecule has 2 fully saturated rings. The van der Waals surface area contributed by atoms with Crippen LogP contribution in [0.2, 0.25) is 0 Å². The Morgan fingerprint density at radius 2 is 0.878 bits per heavy atom. The Balaban J connectivity index is 1.20. The minimum Gasteiger partial charge on any atom is -0.450 e. The molecule has 0 bridgehead atoms. The molecule has 12 heteroatoms. The molecule has 0 spiro atoms. The van der Waals surface area contributed by atoms with Crippen LogP contribution in [0, 0.1) is 0 Å². The molecule has 12 nitrogen and oxygen atoms in total. The van der Waals surface area contributed by atoms with Gasteiger partial charge in [0.15, 0.2) is 0 Å². The minimum absolute atomic E-state index is 0.195. The number of amides is 6. The van der Waals surface area contributed by atoms with Crippen LogP contribution < -0.4 is 10.6 Å². The van der Waals surface area contributed by atoms with Gasteiger partial charge in [-0.3, -0.25) is 0 Å². The fourth-order valence-corrected chi connectivity index (χ4v) is 4.67. The second-order valence-corrected chi connectivity index (χ2v) is 9.78. The van der Waals surface area contributed by atoms with Gasteiger partial charge in [0, 0.05) is 63.7 Å². The van der Waals surface area contributed by atoms with Crippen molar-refractivity contribution in [2.75, 3.05) is 76.2 Å². The predicted octanol–water partition coefficient (Wildman–Crippen LogP) is 3.89. The van der Waals surface area contributed by atoms with E-state index in [-0.39, 0.29) is 24.2 Å². The fraction of sp³-hybridized carbons (Fsp3) is 0.448. The van der Waals surface area contributed by atoms with Crippen LogP contribution in [0.3, 0.4) is 0 Å². The summed E-state index contributed by atoms with van der Waals surface area (Å²) in [4.78, 5) is 55.6. The molecule has 4 rings (SSSR count). The highest BCUT2D eigenvalue weighted by atomic mass is 16.6. The van der Waals surface area contributed by atoms with Gasteiger partial charge in [0.2, 0.25) is 0 Å². The average Bonchev–Trinajstić information content (AvgIpc) is 2.99. The third-order valence-corrected chi connectivity index (χ3v) is 7.00. The zero-order valence-corrected chi connectivity index (χ0v) is 23.6. The summed E-state index contributed by atoms with van der Waals surface area (Å²) in [5.74, 6) is 0. The van der Waals surface area contributed by atoms with Crippen LogP contribution in [-0.2, 0) is 15.9 Å². The van der Waals surface area contributed by atoms with Crippen LogP contribution in [0.5, 0.6) is 0 Å². The highest BCUT2D eigenvalue weighted by molar-refractivity contribution is 5.90. The van der Waals surface area contributed by atoms with Gasteiger partial charge in [0.1, 0.15) is 0 Å². The van der Waals surface area contributed by atoms with Gasteiger partial charge in [-0.1, -0.05) is 24.3 Å². The van der Waals surface area contributed by atoms with E-state index < -0.39 is 0 Å². The molecular formula is C29H38N6O6. The smallest absolute Gasteiger partial charge is 0.409 e. The maximum atomic E-state index is 12.6. The summed E-state index contributed by atoms with van der Waals surface area (Å²) in [6, 6.07) is 15.0. The van der Waals surface area contributed by atoms with Crippen molar-refractivity contribution < 1.29 is 28.7 Å². The van der Waals surface area contributed by atoms with Crippen molar-refractivity contribution in [1.29, 1.82) is 0 Å². The lowest BCUT2D eigenvalue weighted by Gasteiger charge is -2.34. The van der Waals surface area contributed by atoms with Gasteiger partial charge >= 0.3 is 24.2 Å². The maximum Gasteiger partial charge on any atom is 0.409 e. The number of benzene rings is 2. The summed E-state index contributed by atoms with van der Waals surface area (Å²) in [6.07, 6.45) is 0.0176. The van der Waals surface area contributed by atoms with Gasteiger partial charge < -0.3 is 39.7 Å². The molecule has 0 unspecified atom stereocenters. The minimum atomic E-state index is -0.342. The first-order chi connectivity index (χ1) is 19.9. The first-order valence-corrected chi connectivity index (χ1v) is 14.0. The molecule has 2 heterocycles. The zero-order valence-electron chi connectivity index (χ0n) is 23.6. The molecule has 2 aromatic rings. The standard InChI is InChI=1S/C29H38N6O6/c1-3-40-28(38)34-17-13-32(14-18-34)26(36)30-24-9-5-22(6-10-24)21-23-7-11-25(12-8-23)31-27(37)33-15-19-35(20-16-33)29(39)41-4-2/h5-12H,3-4,13-21H2,1-2H3,(H,30,36)(H,31,37). The molecule has 2 aliphatic heterocycles. The highest BCUT2D eigenvalue weighted by Gasteiger charge is 2.26. The number of carbonyl (C=O) groups is 4. The summed E-state index contributed by atoms with van der Waals surface area (Å²) < 4.78 is 10.0. The van der Waals surface area contributed by atoms with E-state index >= 15 is 0 Å². The van der Waals surface area contributed by atoms with Gasteiger partial charge in [-0.25, -0.2) is 19.2 Å².